The second-order valence-corrected chi connectivity index (χ2v) is 3.85. The van der Waals surface area contributed by atoms with Gasteiger partial charge in [0.2, 0.25) is 0 Å². The van der Waals surface area contributed by atoms with E-state index in [-0.39, 0.29) is 24.5 Å². The first-order valence-corrected chi connectivity index (χ1v) is 5.26. The third kappa shape index (κ3) is 3.98. The molecule has 2 atom stereocenters. The maximum Gasteiger partial charge on any atom is 0.123 e. The van der Waals surface area contributed by atoms with Gasteiger partial charge in [0.1, 0.15) is 5.82 Å². The van der Waals surface area contributed by atoms with E-state index in [4.69, 9.17) is 5.11 Å². The van der Waals surface area contributed by atoms with Crippen LogP contribution in [0.2, 0.25) is 0 Å². The fourth-order valence-electron chi connectivity index (χ4n) is 1.55. The molecule has 0 heterocycles. The quantitative estimate of drug-likeness (QED) is 0.783. The van der Waals surface area contributed by atoms with E-state index in [1.807, 2.05) is 13.8 Å². The van der Waals surface area contributed by atoms with E-state index in [9.17, 15) is 4.39 Å². The van der Waals surface area contributed by atoms with Crippen molar-refractivity contribution in [2.75, 3.05) is 6.61 Å². The highest BCUT2D eigenvalue weighted by molar-refractivity contribution is 5.19. The third-order valence-corrected chi connectivity index (χ3v) is 2.47. The molecule has 0 aliphatic rings. The van der Waals surface area contributed by atoms with E-state index in [1.165, 1.54) is 12.1 Å². The van der Waals surface area contributed by atoms with E-state index in [0.29, 0.717) is 0 Å². The molecule has 0 radical (unpaired) electrons. The van der Waals surface area contributed by atoms with Crippen LogP contribution in [-0.2, 0) is 0 Å². The first-order valence-electron chi connectivity index (χ1n) is 5.26. The molecule has 1 aromatic rings. The SMILES string of the molecule is CC(CCO)NC(C)c1ccc(F)cc1. The minimum absolute atomic E-state index is 0.173. The summed E-state index contributed by atoms with van der Waals surface area (Å²) in [5, 5.41) is 12.1. The Bertz CT molecular complexity index is 286. The van der Waals surface area contributed by atoms with Crippen molar-refractivity contribution < 1.29 is 9.50 Å². The van der Waals surface area contributed by atoms with Gasteiger partial charge in [0.25, 0.3) is 0 Å². The molecule has 3 heteroatoms. The first-order chi connectivity index (χ1) is 7.13. The van der Waals surface area contributed by atoms with Crippen molar-refractivity contribution in [1.29, 1.82) is 0 Å². The summed E-state index contributed by atoms with van der Waals surface area (Å²) in [5.74, 6) is -0.214. The first kappa shape index (κ1) is 12.1. The van der Waals surface area contributed by atoms with Crippen LogP contribution in [0.15, 0.2) is 24.3 Å². The predicted molar refractivity (Wildman–Crippen MR) is 59.1 cm³/mol. The fraction of sp³-hybridized carbons (Fsp3) is 0.500. The average Bonchev–Trinajstić information content (AvgIpc) is 2.18. The van der Waals surface area contributed by atoms with Crippen molar-refractivity contribution in [2.45, 2.75) is 32.4 Å². The third-order valence-electron chi connectivity index (χ3n) is 2.47. The Hall–Kier alpha value is -0.930. The summed E-state index contributed by atoms with van der Waals surface area (Å²) >= 11 is 0. The number of hydrogen-bond donors (Lipinski definition) is 2. The van der Waals surface area contributed by atoms with Gasteiger partial charge < -0.3 is 10.4 Å². The Balaban J connectivity index is 2.53. The molecule has 2 unspecified atom stereocenters. The monoisotopic (exact) mass is 211 g/mol. The van der Waals surface area contributed by atoms with E-state index in [1.54, 1.807) is 12.1 Å². The number of hydrogen-bond acceptors (Lipinski definition) is 2. The highest BCUT2D eigenvalue weighted by Gasteiger charge is 2.08. The Morgan fingerprint density at radius 1 is 1.27 bits per heavy atom. The average molecular weight is 211 g/mol. The number of aliphatic hydroxyl groups is 1. The standard InChI is InChI=1S/C12H18FNO/c1-9(7-8-15)14-10(2)11-3-5-12(13)6-4-11/h3-6,9-10,14-15H,7-8H2,1-2H3. The van der Waals surface area contributed by atoms with Crippen LogP contribution in [0.3, 0.4) is 0 Å². The number of nitrogens with one attached hydrogen (secondary N) is 1. The Morgan fingerprint density at radius 3 is 2.40 bits per heavy atom. The highest BCUT2D eigenvalue weighted by atomic mass is 19.1. The van der Waals surface area contributed by atoms with Gasteiger partial charge in [0, 0.05) is 18.7 Å². The minimum atomic E-state index is -0.214. The summed E-state index contributed by atoms with van der Waals surface area (Å²) in [6.45, 7) is 4.24. The molecule has 2 N–H and O–H groups in total. The van der Waals surface area contributed by atoms with Crippen molar-refractivity contribution in [3.8, 4) is 0 Å². The molecule has 0 bridgehead atoms. The molecule has 0 amide bonds. The zero-order valence-corrected chi connectivity index (χ0v) is 9.20. The van der Waals surface area contributed by atoms with E-state index >= 15 is 0 Å². The summed E-state index contributed by atoms with van der Waals surface area (Å²) in [6.07, 6.45) is 0.728. The zero-order chi connectivity index (χ0) is 11.3. The van der Waals surface area contributed by atoms with Crippen molar-refractivity contribution in [1.82, 2.24) is 5.32 Å². The molecular weight excluding hydrogens is 193 g/mol. The van der Waals surface area contributed by atoms with Gasteiger partial charge in [-0.2, -0.15) is 0 Å². The molecule has 0 spiro atoms. The predicted octanol–water partition coefficient (Wildman–Crippen LogP) is 2.25. The molecular formula is C12H18FNO. The van der Waals surface area contributed by atoms with Gasteiger partial charge in [0.05, 0.1) is 0 Å². The summed E-state index contributed by atoms with van der Waals surface area (Å²) < 4.78 is 12.7. The van der Waals surface area contributed by atoms with Crippen LogP contribution < -0.4 is 5.32 Å². The second kappa shape index (κ2) is 5.83. The number of benzene rings is 1. The van der Waals surface area contributed by atoms with Crippen LogP contribution in [0.5, 0.6) is 0 Å². The maximum absolute atomic E-state index is 12.7. The molecule has 2 nitrogen and oxygen atoms in total. The summed E-state index contributed by atoms with van der Waals surface area (Å²) in [5.41, 5.74) is 1.06. The van der Waals surface area contributed by atoms with Crippen LogP contribution in [-0.4, -0.2) is 17.8 Å². The molecule has 84 valence electrons. The molecule has 0 fully saturated rings. The molecule has 0 aliphatic heterocycles. The van der Waals surface area contributed by atoms with Crippen LogP contribution in [0, 0.1) is 5.82 Å². The van der Waals surface area contributed by atoms with Crippen molar-refractivity contribution in [2.24, 2.45) is 0 Å². The lowest BCUT2D eigenvalue weighted by atomic mass is 10.1. The van der Waals surface area contributed by atoms with Crippen LogP contribution in [0.1, 0.15) is 31.9 Å². The highest BCUT2D eigenvalue weighted by Crippen LogP contribution is 2.13. The molecule has 0 saturated carbocycles. The summed E-state index contributed by atoms with van der Waals surface area (Å²) in [6, 6.07) is 6.91. The topological polar surface area (TPSA) is 32.3 Å². The summed E-state index contributed by atoms with van der Waals surface area (Å²) in [7, 11) is 0. The van der Waals surface area contributed by atoms with E-state index < -0.39 is 0 Å². The fourth-order valence-corrected chi connectivity index (χ4v) is 1.55. The number of aliphatic hydroxyl groups excluding tert-OH is 1. The Labute approximate surface area is 90.1 Å². The lowest BCUT2D eigenvalue weighted by Crippen LogP contribution is -2.29. The Kier molecular flexibility index (Phi) is 4.72. The van der Waals surface area contributed by atoms with Gasteiger partial charge in [-0.25, -0.2) is 4.39 Å². The zero-order valence-electron chi connectivity index (χ0n) is 9.20. The van der Waals surface area contributed by atoms with Gasteiger partial charge >= 0.3 is 0 Å². The summed E-state index contributed by atoms with van der Waals surface area (Å²) in [4.78, 5) is 0. The smallest absolute Gasteiger partial charge is 0.123 e. The van der Waals surface area contributed by atoms with Gasteiger partial charge in [0.15, 0.2) is 0 Å². The molecule has 0 aliphatic carbocycles. The lowest BCUT2D eigenvalue weighted by Gasteiger charge is -2.19. The van der Waals surface area contributed by atoms with Crippen LogP contribution >= 0.6 is 0 Å². The van der Waals surface area contributed by atoms with Gasteiger partial charge in [-0.15, -0.1) is 0 Å². The van der Waals surface area contributed by atoms with Crippen molar-refractivity contribution >= 4 is 0 Å². The van der Waals surface area contributed by atoms with Gasteiger partial charge in [-0.3, -0.25) is 0 Å². The lowest BCUT2D eigenvalue weighted by molar-refractivity contribution is 0.264. The molecule has 0 aromatic heterocycles. The van der Waals surface area contributed by atoms with E-state index in [0.717, 1.165) is 12.0 Å². The van der Waals surface area contributed by atoms with E-state index in [2.05, 4.69) is 5.32 Å². The number of halogens is 1. The molecule has 1 aromatic carbocycles. The van der Waals surface area contributed by atoms with Gasteiger partial charge in [-0.1, -0.05) is 12.1 Å². The maximum atomic E-state index is 12.7. The molecule has 0 saturated heterocycles. The Morgan fingerprint density at radius 2 is 1.87 bits per heavy atom. The largest absolute Gasteiger partial charge is 0.396 e. The van der Waals surface area contributed by atoms with Gasteiger partial charge in [-0.05, 0) is 38.0 Å². The van der Waals surface area contributed by atoms with Crippen molar-refractivity contribution in [3.63, 3.8) is 0 Å². The van der Waals surface area contributed by atoms with Crippen LogP contribution in [0.4, 0.5) is 4.39 Å². The molecule has 15 heavy (non-hydrogen) atoms. The molecule has 1 rings (SSSR count). The number of rotatable bonds is 5. The van der Waals surface area contributed by atoms with Crippen LogP contribution in [0.25, 0.3) is 0 Å². The normalized spacial score (nSPS) is 14.9. The minimum Gasteiger partial charge on any atom is -0.396 e. The van der Waals surface area contributed by atoms with Crippen molar-refractivity contribution in [3.05, 3.63) is 35.6 Å². The second-order valence-electron chi connectivity index (χ2n) is 3.85.